The van der Waals surface area contributed by atoms with E-state index in [2.05, 4.69) is 0 Å². The molecular weight excluding hydrogens is 299 g/mol. The number of halogens is 1. The highest BCUT2D eigenvalue weighted by Crippen LogP contribution is 2.27. The summed E-state index contributed by atoms with van der Waals surface area (Å²) in [6, 6.07) is 1.69. The van der Waals surface area contributed by atoms with Crippen LogP contribution >= 0.6 is 0 Å². The van der Waals surface area contributed by atoms with Gasteiger partial charge in [-0.2, -0.15) is 8.70 Å². The molecule has 0 saturated carbocycles. The zero-order valence-corrected chi connectivity index (χ0v) is 13.1. The molecule has 0 atom stereocenters. The Morgan fingerprint density at radius 1 is 1.33 bits per heavy atom. The predicted octanol–water partition coefficient (Wildman–Crippen LogP) is 2.85. The molecule has 0 heterocycles. The standard InChI is InChI=1S/C13H19FN2O4S/c1-4-6-7-15(5-2)21(19,20)13-9-12(16(17)18)11(14)8-10(13)3/h8-9H,4-7H2,1-3H3. The number of unbranched alkanes of at least 4 members (excludes halogenated alkanes) is 1. The Kier molecular flexibility index (Phi) is 5.79. The van der Waals surface area contributed by atoms with E-state index in [4.69, 9.17) is 0 Å². The molecule has 0 aromatic heterocycles. The number of aryl methyl sites for hydroxylation is 1. The van der Waals surface area contributed by atoms with Crippen molar-refractivity contribution in [1.29, 1.82) is 0 Å². The lowest BCUT2D eigenvalue weighted by molar-refractivity contribution is -0.387. The summed E-state index contributed by atoms with van der Waals surface area (Å²) < 4.78 is 39.9. The lowest BCUT2D eigenvalue weighted by atomic mass is 10.2. The molecule has 0 aliphatic rings. The van der Waals surface area contributed by atoms with E-state index < -0.39 is 26.5 Å². The zero-order chi connectivity index (χ0) is 16.2. The summed E-state index contributed by atoms with van der Waals surface area (Å²) in [6.45, 7) is 5.65. The summed E-state index contributed by atoms with van der Waals surface area (Å²) in [5.74, 6) is -1.03. The molecule has 1 rings (SSSR count). The second-order valence-corrected chi connectivity index (χ2v) is 6.58. The summed E-state index contributed by atoms with van der Waals surface area (Å²) in [5.41, 5.74) is -0.668. The molecule has 0 amide bonds. The maximum absolute atomic E-state index is 13.5. The molecule has 1 aromatic carbocycles. The fourth-order valence-electron chi connectivity index (χ4n) is 1.98. The highest BCUT2D eigenvalue weighted by atomic mass is 32.2. The van der Waals surface area contributed by atoms with Crippen molar-refractivity contribution in [2.75, 3.05) is 13.1 Å². The van der Waals surface area contributed by atoms with Gasteiger partial charge < -0.3 is 0 Å². The highest BCUT2D eigenvalue weighted by Gasteiger charge is 2.28. The average molecular weight is 318 g/mol. The summed E-state index contributed by atoms with van der Waals surface area (Å²) >= 11 is 0. The van der Waals surface area contributed by atoms with Crippen LogP contribution in [0.4, 0.5) is 10.1 Å². The van der Waals surface area contributed by atoms with Crippen LogP contribution in [0.15, 0.2) is 17.0 Å². The van der Waals surface area contributed by atoms with Gasteiger partial charge in [-0.3, -0.25) is 10.1 Å². The molecule has 0 aliphatic carbocycles. The maximum atomic E-state index is 13.5. The Morgan fingerprint density at radius 2 is 1.95 bits per heavy atom. The molecule has 0 radical (unpaired) electrons. The van der Waals surface area contributed by atoms with Gasteiger partial charge >= 0.3 is 5.69 Å². The van der Waals surface area contributed by atoms with Crippen molar-refractivity contribution < 1.29 is 17.7 Å². The third-order valence-corrected chi connectivity index (χ3v) is 5.29. The quantitative estimate of drug-likeness (QED) is 0.572. The van der Waals surface area contributed by atoms with Crippen LogP contribution in [0, 0.1) is 22.9 Å². The number of hydrogen-bond donors (Lipinski definition) is 0. The zero-order valence-electron chi connectivity index (χ0n) is 12.3. The second-order valence-electron chi connectivity index (χ2n) is 4.68. The first-order chi connectivity index (χ1) is 9.75. The van der Waals surface area contributed by atoms with E-state index in [-0.39, 0.29) is 17.0 Å². The predicted molar refractivity (Wildman–Crippen MR) is 77.1 cm³/mol. The molecule has 0 bridgehead atoms. The molecule has 8 heteroatoms. The van der Waals surface area contributed by atoms with Gasteiger partial charge in [0.25, 0.3) is 0 Å². The number of rotatable bonds is 7. The summed E-state index contributed by atoms with van der Waals surface area (Å²) in [7, 11) is -3.86. The van der Waals surface area contributed by atoms with Gasteiger partial charge in [0, 0.05) is 19.2 Å². The van der Waals surface area contributed by atoms with Crippen molar-refractivity contribution in [2.45, 2.75) is 38.5 Å². The molecule has 1 aromatic rings. The van der Waals surface area contributed by atoms with E-state index in [9.17, 15) is 22.9 Å². The first-order valence-corrected chi connectivity index (χ1v) is 8.14. The Balaban J connectivity index is 3.36. The van der Waals surface area contributed by atoms with E-state index in [0.717, 1.165) is 18.6 Å². The van der Waals surface area contributed by atoms with Crippen LogP contribution in [-0.2, 0) is 10.0 Å². The third-order valence-electron chi connectivity index (χ3n) is 3.17. The number of benzene rings is 1. The molecule has 0 unspecified atom stereocenters. The lowest BCUT2D eigenvalue weighted by Crippen LogP contribution is -2.32. The van der Waals surface area contributed by atoms with Crippen LogP contribution in [-0.4, -0.2) is 30.7 Å². The van der Waals surface area contributed by atoms with Gasteiger partial charge in [-0.1, -0.05) is 20.3 Å². The van der Waals surface area contributed by atoms with Gasteiger partial charge in [0.15, 0.2) is 0 Å². The molecule has 6 nitrogen and oxygen atoms in total. The lowest BCUT2D eigenvalue weighted by Gasteiger charge is -2.21. The van der Waals surface area contributed by atoms with Crippen LogP contribution in [0.25, 0.3) is 0 Å². The number of hydrogen-bond acceptors (Lipinski definition) is 4. The topological polar surface area (TPSA) is 80.5 Å². The fraction of sp³-hybridized carbons (Fsp3) is 0.538. The maximum Gasteiger partial charge on any atom is 0.306 e. The number of nitro groups is 1. The van der Waals surface area contributed by atoms with E-state index in [0.29, 0.717) is 13.0 Å². The smallest absolute Gasteiger partial charge is 0.258 e. The van der Waals surface area contributed by atoms with E-state index in [1.54, 1.807) is 6.92 Å². The summed E-state index contributed by atoms with van der Waals surface area (Å²) in [5, 5.41) is 10.8. The molecule has 21 heavy (non-hydrogen) atoms. The molecule has 0 saturated heterocycles. The minimum atomic E-state index is -3.86. The molecule has 0 aliphatic heterocycles. The van der Waals surface area contributed by atoms with Crippen LogP contribution < -0.4 is 0 Å². The molecule has 0 spiro atoms. The number of sulfonamides is 1. The molecule has 118 valence electrons. The van der Waals surface area contributed by atoms with Gasteiger partial charge in [-0.25, -0.2) is 8.42 Å². The van der Waals surface area contributed by atoms with E-state index >= 15 is 0 Å². The fourth-order valence-corrected chi connectivity index (χ4v) is 3.70. The first kappa shape index (κ1) is 17.5. The normalized spacial score (nSPS) is 11.9. The van der Waals surface area contributed by atoms with E-state index in [1.165, 1.54) is 11.2 Å². The Labute approximate surface area is 123 Å². The number of nitrogens with zero attached hydrogens (tertiary/aromatic N) is 2. The largest absolute Gasteiger partial charge is 0.306 e. The SMILES string of the molecule is CCCCN(CC)S(=O)(=O)c1cc([N+](=O)[O-])c(F)cc1C. The van der Waals surface area contributed by atoms with Crippen molar-refractivity contribution in [3.05, 3.63) is 33.6 Å². The van der Waals surface area contributed by atoms with Gasteiger partial charge in [-0.15, -0.1) is 0 Å². The monoisotopic (exact) mass is 318 g/mol. The molecule has 0 fully saturated rings. The van der Waals surface area contributed by atoms with Crippen LogP contribution in [0.5, 0.6) is 0 Å². The van der Waals surface area contributed by atoms with Crippen molar-refractivity contribution >= 4 is 15.7 Å². The first-order valence-electron chi connectivity index (χ1n) is 6.70. The minimum Gasteiger partial charge on any atom is -0.258 e. The van der Waals surface area contributed by atoms with Crippen LogP contribution in [0.2, 0.25) is 0 Å². The Hall–Kier alpha value is -1.54. The average Bonchev–Trinajstić information content (AvgIpc) is 2.38. The van der Waals surface area contributed by atoms with Gasteiger partial charge in [0.2, 0.25) is 15.8 Å². The number of nitro benzene ring substituents is 1. The highest BCUT2D eigenvalue weighted by molar-refractivity contribution is 7.89. The summed E-state index contributed by atoms with van der Waals surface area (Å²) in [4.78, 5) is 9.65. The van der Waals surface area contributed by atoms with Crippen LogP contribution in [0.1, 0.15) is 32.3 Å². The van der Waals surface area contributed by atoms with Crippen LogP contribution in [0.3, 0.4) is 0 Å². The Morgan fingerprint density at radius 3 is 2.43 bits per heavy atom. The van der Waals surface area contributed by atoms with Crippen molar-refractivity contribution in [2.24, 2.45) is 0 Å². The van der Waals surface area contributed by atoms with Gasteiger partial charge in [0.1, 0.15) is 0 Å². The van der Waals surface area contributed by atoms with Gasteiger partial charge in [0.05, 0.1) is 9.82 Å². The van der Waals surface area contributed by atoms with Crippen molar-refractivity contribution in [1.82, 2.24) is 4.31 Å². The summed E-state index contributed by atoms with van der Waals surface area (Å²) in [6.07, 6.45) is 1.52. The van der Waals surface area contributed by atoms with Crippen molar-refractivity contribution in [3.63, 3.8) is 0 Å². The molecular formula is C13H19FN2O4S. The van der Waals surface area contributed by atoms with Crippen molar-refractivity contribution in [3.8, 4) is 0 Å². The Bertz CT molecular complexity index is 631. The second kappa shape index (κ2) is 6.95. The molecule has 0 N–H and O–H groups in total. The van der Waals surface area contributed by atoms with E-state index in [1.807, 2.05) is 6.92 Å². The minimum absolute atomic E-state index is 0.160. The third kappa shape index (κ3) is 3.76. The van der Waals surface area contributed by atoms with Gasteiger partial charge in [-0.05, 0) is 25.0 Å².